The van der Waals surface area contributed by atoms with Crippen LogP contribution in [0, 0.1) is 10.8 Å². The third-order valence-electron chi connectivity index (χ3n) is 5.20. The number of benzene rings is 3. The summed E-state index contributed by atoms with van der Waals surface area (Å²) in [5.41, 5.74) is 7.21. The molecule has 1 aromatic heterocycles. The van der Waals surface area contributed by atoms with Crippen LogP contribution in [0.2, 0.25) is 0 Å². The standard InChI is InChI=1S/C17H20.C14H18N2/c1-17(2,3)13-14-8-7-11-16(12-14)15-9-5-4-6-10-15;1-14(2,3)10-11-5-4-6-12(9-11)13-15-7-8-16-13/h4-12H,13H2,1-3H3;4-9H,10H2,1-3H3,(H,15,16). The molecule has 1 N–H and O–H groups in total. The van der Waals surface area contributed by atoms with Crippen LogP contribution in [0.3, 0.4) is 0 Å². The Hall–Kier alpha value is -3.13. The number of hydrogen-bond donors (Lipinski definition) is 1. The van der Waals surface area contributed by atoms with E-state index in [4.69, 9.17) is 0 Å². The van der Waals surface area contributed by atoms with E-state index in [-0.39, 0.29) is 0 Å². The van der Waals surface area contributed by atoms with Crippen molar-refractivity contribution >= 4 is 0 Å². The summed E-state index contributed by atoms with van der Waals surface area (Å²) in [5.74, 6) is 0.941. The number of hydrogen-bond acceptors (Lipinski definition) is 1. The van der Waals surface area contributed by atoms with E-state index in [0.29, 0.717) is 10.8 Å². The smallest absolute Gasteiger partial charge is 0.137 e. The Morgan fingerprint density at radius 3 is 1.64 bits per heavy atom. The number of rotatable bonds is 4. The van der Waals surface area contributed by atoms with Gasteiger partial charge in [-0.3, -0.25) is 0 Å². The van der Waals surface area contributed by atoms with Crippen molar-refractivity contribution in [3.8, 4) is 22.5 Å². The van der Waals surface area contributed by atoms with Crippen molar-refractivity contribution in [2.45, 2.75) is 54.4 Å². The van der Waals surface area contributed by atoms with Crippen molar-refractivity contribution in [2.24, 2.45) is 10.8 Å². The molecule has 0 saturated heterocycles. The molecule has 0 aliphatic rings. The topological polar surface area (TPSA) is 28.7 Å². The minimum Gasteiger partial charge on any atom is -0.345 e. The number of aromatic amines is 1. The van der Waals surface area contributed by atoms with Crippen LogP contribution >= 0.6 is 0 Å². The van der Waals surface area contributed by atoms with Gasteiger partial charge in [-0.05, 0) is 52.0 Å². The Balaban J connectivity index is 0.000000186. The maximum atomic E-state index is 4.27. The van der Waals surface area contributed by atoms with Crippen LogP contribution in [0.4, 0.5) is 0 Å². The van der Waals surface area contributed by atoms with Gasteiger partial charge in [-0.2, -0.15) is 0 Å². The van der Waals surface area contributed by atoms with Gasteiger partial charge in [0.1, 0.15) is 5.82 Å². The molecule has 0 unspecified atom stereocenters. The van der Waals surface area contributed by atoms with Gasteiger partial charge in [0, 0.05) is 18.0 Å². The molecule has 4 aromatic rings. The number of aromatic nitrogens is 2. The molecule has 2 nitrogen and oxygen atoms in total. The summed E-state index contributed by atoms with van der Waals surface area (Å²) in [6, 6.07) is 28.0. The zero-order valence-corrected chi connectivity index (χ0v) is 21.0. The molecule has 0 spiro atoms. The highest BCUT2D eigenvalue weighted by atomic mass is 14.9. The molecule has 3 aromatic carbocycles. The van der Waals surface area contributed by atoms with Crippen LogP contribution in [0.25, 0.3) is 22.5 Å². The summed E-state index contributed by atoms with van der Waals surface area (Å²) in [6.07, 6.45) is 5.84. The minimum atomic E-state index is 0.321. The van der Waals surface area contributed by atoms with Gasteiger partial charge < -0.3 is 4.98 Å². The van der Waals surface area contributed by atoms with E-state index >= 15 is 0 Å². The van der Waals surface area contributed by atoms with E-state index in [1.54, 1.807) is 6.20 Å². The molecule has 1 heterocycles. The highest BCUT2D eigenvalue weighted by Crippen LogP contribution is 2.25. The molecule has 33 heavy (non-hydrogen) atoms. The monoisotopic (exact) mass is 438 g/mol. The molecule has 0 bridgehead atoms. The zero-order valence-electron chi connectivity index (χ0n) is 21.0. The van der Waals surface area contributed by atoms with Crippen LogP contribution < -0.4 is 0 Å². The first-order valence-corrected chi connectivity index (χ1v) is 11.8. The van der Waals surface area contributed by atoms with E-state index in [2.05, 4.69) is 130 Å². The fourth-order valence-corrected chi connectivity index (χ4v) is 3.97. The van der Waals surface area contributed by atoms with Crippen molar-refractivity contribution in [2.75, 3.05) is 0 Å². The minimum absolute atomic E-state index is 0.321. The summed E-state index contributed by atoms with van der Waals surface area (Å²) in [7, 11) is 0. The maximum absolute atomic E-state index is 4.27. The lowest BCUT2D eigenvalue weighted by molar-refractivity contribution is 0.411. The zero-order chi connectivity index (χ0) is 23.9. The number of H-pyrrole nitrogens is 1. The summed E-state index contributed by atoms with van der Waals surface area (Å²) in [6.45, 7) is 13.6. The van der Waals surface area contributed by atoms with Crippen molar-refractivity contribution < 1.29 is 0 Å². The van der Waals surface area contributed by atoms with Gasteiger partial charge in [0.25, 0.3) is 0 Å². The van der Waals surface area contributed by atoms with Gasteiger partial charge in [-0.15, -0.1) is 0 Å². The van der Waals surface area contributed by atoms with E-state index in [1.165, 1.54) is 22.3 Å². The van der Waals surface area contributed by atoms with Gasteiger partial charge in [-0.25, -0.2) is 4.98 Å². The van der Waals surface area contributed by atoms with Gasteiger partial charge in [0.15, 0.2) is 0 Å². The Morgan fingerprint density at radius 2 is 1.12 bits per heavy atom. The van der Waals surface area contributed by atoms with Crippen molar-refractivity contribution in [1.29, 1.82) is 0 Å². The Morgan fingerprint density at radius 1 is 0.606 bits per heavy atom. The summed E-state index contributed by atoms with van der Waals surface area (Å²) < 4.78 is 0. The van der Waals surface area contributed by atoms with Crippen LogP contribution in [-0.4, -0.2) is 9.97 Å². The fraction of sp³-hybridized carbons (Fsp3) is 0.323. The number of nitrogens with zero attached hydrogens (tertiary/aromatic N) is 1. The Kier molecular flexibility index (Phi) is 7.92. The molecule has 0 aliphatic heterocycles. The second kappa shape index (κ2) is 10.7. The lowest BCUT2D eigenvalue weighted by Crippen LogP contribution is -2.09. The van der Waals surface area contributed by atoms with Gasteiger partial charge in [0.2, 0.25) is 0 Å². The summed E-state index contributed by atoms with van der Waals surface area (Å²) >= 11 is 0. The van der Waals surface area contributed by atoms with Crippen LogP contribution in [0.1, 0.15) is 52.7 Å². The molecule has 0 saturated carbocycles. The first-order valence-electron chi connectivity index (χ1n) is 11.8. The van der Waals surface area contributed by atoms with Crippen LogP contribution in [0.15, 0.2) is 91.3 Å². The Labute approximate surface area is 200 Å². The van der Waals surface area contributed by atoms with Gasteiger partial charge >= 0.3 is 0 Å². The molecule has 0 radical (unpaired) electrons. The average Bonchev–Trinajstić information content (AvgIpc) is 3.28. The quantitative estimate of drug-likeness (QED) is 0.339. The first kappa shape index (κ1) is 24.5. The summed E-state index contributed by atoms with van der Waals surface area (Å²) in [4.78, 5) is 7.40. The lowest BCUT2D eigenvalue weighted by atomic mass is 9.87. The lowest BCUT2D eigenvalue weighted by Gasteiger charge is -2.18. The molecule has 0 atom stereocenters. The molecule has 4 rings (SSSR count). The van der Waals surface area contributed by atoms with E-state index in [9.17, 15) is 0 Å². The van der Waals surface area contributed by atoms with E-state index in [0.717, 1.165) is 24.2 Å². The molecular formula is C31H38N2. The third-order valence-corrected chi connectivity index (χ3v) is 5.20. The second-order valence-corrected chi connectivity index (χ2v) is 11.2. The average molecular weight is 439 g/mol. The predicted molar refractivity (Wildman–Crippen MR) is 142 cm³/mol. The molecular weight excluding hydrogens is 400 g/mol. The number of nitrogens with one attached hydrogen (secondary N) is 1. The highest BCUT2D eigenvalue weighted by Gasteiger charge is 2.12. The van der Waals surface area contributed by atoms with Crippen LogP contribution in [0.5, 0.6) is 0 Å². The molecule has 0 aliphatic carbocycles. The molecule has 2 heteroatoms. The molecule has 172 valence electrons. The Bertz CT molecular complexity index is 1110. The van der Waals surface area contributed by atoms with Gasteiger partial charge in [-0.1, -0.05) is 114 Å². The first-order chi connectivity index (χ1) is 15.6. The second-order valence-electron chi connectivity index (χ2n) is 11.2. The van der Waals surface area contributed by atoms with E-state index < -0.39 is 0 Å². The molecule has 0 fully saturated rings. The largest absolute Gasteiger partial charge is 0.345 e. The number of imidazole rings is 1. The van der Waals surface area contributed by atoms with Crippen molar-refractivity contribution in [1.82, 2.24) is 9.97 Å². The fourth-order valence-electron chi connectivity index (χ4n) is 3.97. The molecule has 0 amide bonds. The third kappa shape index (κ3) is 8.38. The highest BCUT2D eigenvalue weighted by molar-refractivity contribution is 5.64. The normalized spacial score (nSPS) is 11.6. The van der Waals surface area contributed by atoms with Crippen molar-refractivity contribution in [3.63, 3.8) is 0 Å². The van der Waals surface area contributed by atoms with E-state index in [1.807, 2.05) is 6.20 Å². The van der Waals surface area contributed by atoms with Crippen molar-refractivity contribution in [3.05, 3.63) is 102 Å². The SMILES string of the molecule is CC(C)(C)Cc1cccc(-c2ccccc2)c1.CC(C)(C)Cc1cccc(-c2ncc[nH]2)c1. The summed E-state index contributed by atoms with van der Waals surface area (Å²) in [5, 5.41) is 0. The predicted octanol–water partition coefficient (Wildman–Crippen LogP) is 8.61. The van der Waals surface area contributed by atoms with Gasteiger partial charge in [0.05, 0.1) is 0 Å². The maximum Gasteiger partial charge on any atom is 0.137 e. The van der Waals surface area contributed by atoms with Crippen LogP contribution in [-0.2, 0) is 12.8 Å².